The van der Waals surface area contributed by atoms with Crippen molar-refractivity contribution in [3.63, 3.8) is 0 Å². The highest BCUT2D eigenvalue weighted by molar-refractivity contribution is 5.79. The van der Waals surface area contributed by atoms with Crippen LogP contribution in [0.3, 0.4) is 0 Å². The van der Waals surface area contributed by atoms with Gasteiger partial charge in [-0.3, -0.25) is 4.79 Å². The number of hydrogen-bond acceptors (Lipinski definition) is 2. The fourth-order valence-corrected chi connectivity index (χ4v) is 3.17. The number of amides is 1. The molecule has 24 heavy (non-hydrogen) atoms. The van der Waals surface area contributed by atoms with Crippen molar-refractivity contribution in [2.75, 3.05) is 19.6 Å². The predicted octanol–water partition coefficient (Wildman–Crippen LogP) is 3.48. The Labute approximate surface area is 141 Å². The molecule has 0 aliphatic carbocycles. The lowest BCUT2D eigenvalue weighted by Crippen LogP contribution is -2.44. The molecule has 3 nitrogen and oxygen atoms in total. The molecule has 1 aromatic carbocycles. The summed E-state index contributed by atoms with van der Waals surface area (Å²) in [5, 5.41) is 3.27. The molecule has 1 saturated heterocycles. The van der Waals surface area contributed by atoms with Crippen molar-refractivity contribution >= 4 is 5.91 Å². The van der Waals surface area contributed by atoms with Crippen molar-refractivity contribution in [3.05, 3.63) is 35.4 Å². The highest BCUT2D eigenvalue weighted by Crippen LogP contribution is 2.29. The van der Waals surface area contributed by atoms with E-state index < -0.39 is 11.7 Å². The first-order valence-corrected chi connectivity index (χ1v) is 8.50. The van der Waals surface area contributed by atoms with Crippen LogP contribution in [-0.2, 0) is 17.4 Å². The van der Waals surface area contributed by atoms with Crippen molar-refractivity contribution in [1.82, 2.24) is 10.2 Å². The summed E-state index contributed by atoms with van der Waals surface area (Å²) < 4.78 is 37.8. The first-order chi connectivity index (χ1) is 11.3. The maximum atomic E-state index is 12.8. The molecule has 0 spiro atoms. The lowest BCUT2D eigenvalue weighted by molar-refractivity contribution is -0.138. The minimum absolute atomic E-state index is 0.0884. The first-order valence-electron chi connectivity index (χ1n) is 8.50. The van der Waals surface area contributed by atoms with E-state index in [0.29, 0.717) is 6.42 Å². The van der Waals surface area contributed by atoms with E-state index in [-0.39, 0.29) is 17.9 Å². The van der Waals surface area contributed by atoms with Crippen LogP contribution in [0.4, 0.5) is 13.2 Å². The van der Waals surface area contributed by atoms with Gasteiger partial charge < -0.3 is 10.2 Å². The molecule has 134 valence electrons. The van der Waals surface area contributed by atoms with E-state index in [1.54, 1.807) is 0 Å². The molecule has 6 heteroatoms. The predicted molar refractivity (Wildman–Crippen MR) is 87.6 cm³/mol. The largest absolute Gasteiger partial charge is 0.416 e. The second-order valence-corrected chi connectivity index (χ2v) is 6.48. The van der Waals surface area contributed by atoms with Crippen molar-refractivity contribution in [3.8, 4) is 0 Å². The number of nitrogens with zero attached hydrogens (tertiary/aromatic N) is 1. The van der Waals surface area contributed by atoms with Gasteiger partial charge in [0.1, 0.15) is 0 Å². The smallest absolute Gasteiger partial charge is 0.338 e. The van der Waals surface area contributed by atoms with Gasteiger partial charge in [0.05, 0.1) is 5.56 Å². The summed E-state index contributed by atoms with van der Waals surface area (Å²) in [5.41, 5.74) is 0.0970. The van der Waals surface area contributed by atoms with Crippen LogP contribution in [0.15, 0.2) is 24.3 Å². The van der Waals surface area contributed by atoms with Crippen molar-refractivity contribution < 1.29 is 18.0 Å². The Kier molecular flexibility index (Phi) is 6.27. The molecule has 1 aliphatic heterocycles. The average molecular weight is 342 g/mol. The number of halogens is 3. The van der Waals surface area contributed by atoms with Gasteiger partial charge in [-0.2, -0.15) is 13.2 Å². The third-order valence-corrected chi connectivity index (χ3v) is 4.47. The summed E-state index contributed by atoms with van der Waals surface area (Å²) >= 11 is 0. The summed E-state index contributed by atoms with van der Waals surface area (Å²) in [7, 11) is 0. The number of carbonyl (C=O) groups is 1. The summed E-state index contributed by atoms with van der Waals surface area (Å²) in [6.07, 6.45) is -2.02. The van der Waals surface area contributed by atoms with Crippen LogP contribution in [0, 0.1) is 5.92 Å². The second-order valence-electron chi connectivity index (χ2n) is 6.48. The highest BCUT2D eigenvalue weighted by Gasteiger charge is 2.31. The molecule has 1 aromatic rings. The molecule has 0 saturated carbocycles. The van der Waals surface area contributed by atoms with Crippen molar-refractivity contribution in [2.24, 2.45) is 5.92 Å². The van der Waals surface area contributed by atoms with Crippen LogP contribution in [0.25, 0.3) is 0 Å². The monoisotopic (exact) mass is 342 g/mol. The Morgan fingerprint density at radius 1 is 1.33 bits per heavy atom. The molecule has 1 N–H and O–H groups in total. The van der Waals surface area contributed by atoms with Gasteiger partial charge in [0.25, 0.3) is 0 Å². The van der Waals surface area contributed by atoms with E-state index in [1.807, 2.05) is 18.7 Å². The van der Waals surface area contributed by atoms with Crippen LogP contribution in [0.2, 0.25) is 0 Å². The molecular formula is C18H25F3N2O. The molecule has 2 atom stereocenters. The molecule has 2 unspecified atom stereocenters. The Bertz CT molecular complexity index is 536. The zero-order chi connectivity index (χ0) is 17.7. The van der Waals surface area contributed by atoms with Crippen LogP contribution >= 0.6 is 0 Å². The third-order valence-electron chi connectivity index (χ3n) is 4.47. The summed E-state index contributed by atoms with van der Waals surface area (Å²) in [6, 6.07) is 5.32. The van der Waals surface area contributed by atoms with Crippen LogP contribution < -0.4 is 5.32 Å². The van der Waals surface area contributed by atoms with Crippen LogP contribution in [-0.4, -0.2) is 36.5 Å². The summed E-state index contributed by atoms with van der Waals surface area (Å²) in [5.74, 6) is -0.153. The number of hydrogen-bond donors (Lipinski definition) is 1. The van der Waals surface area contributed by atoms with E-state index in [2.05, 4.69) is 5.32 Å². The van der Waals surface area contributed by atoms with E-state index in [1.165, 1.54) is 12.1 Å². The SMILES string of the molecule is CCCN(C(=O)C(C)Cc1ccc(C(F)(F)F)cc1)C1CCNC1. The van der Waals surface area contributed by atoms with Crippen LogP contribution in [0.1, 0.15) is 37.8 Å². The van der Waals surface area contributed by atoms with Gasteiger partial charge in [0.15, 0.2) is 0 Å². The molecule has 1 fully saturated rings. The minimum atomic E-state index is -4.33. The zero-order valence-electron chi connectivity index (χ0n) is 14.2. The van der Waals surface area contributed by atoms with E-state index in [0.717, 1.165) is 50.2 Å². The maximum Gasteiger partial charge on any atom is 0.416 e. The number of benzene rings is 1. The van der Waals surface area contributed by atoms with Gasteiger partial charge in [0, 0.05) is 25.0 Å². The van der Waals surface area contributed by atoms with Crippen molar-refractivity contribution in [2.45, 2.75) is 45.3 Å². The number of rotatable bonds is 6. The summed E-state index contributed by atoms with van der Waals surface area (Å²) in [4.78, 5) is 14.7. The number of alkyl halides is 3. The lowest BCUT2D eigenvalue weighted by atomic mass is 9.97. The van der Waals surface area contributed by atoms with Gasteiger partial charge in [-0.25, -0.2) is 0 Å². The Morgan fingerprint density at radius 2 is 2.00 bits per heavy atom. The van der Waals surface area contributed by atoms with Gasteiger partial charge >= 0.3 is 6.18 Å². The maximum absolute atomic E-state index is 12.8. The zero-order valence-corrected chi connectivity index (χ0v) is 14.2. The average Bonchev–Trinajstić information content (AvgIpc) is 3.05. The number of nitrogens with one attached hydrogen (secondary N) is 1. The molecule has 1 aliphatic rings. The molecule has 2 rings (SSSR count). The molecule has 1 heterocycles. The minimum Gasteiger partial charge on any atom is -0.338 e. The van der Waals surface area contributed by atoms with Gasteiger partial charge in [-0.15, -0.1) is 0 Å². The van der Waals surface area contributed by atoms with Gasteiger partial charge in [-0.05, 0) is 43.5 Å². The number of carbonyl (C=O) groups excluding carboxylic acids is 1. The fraction of sp³-hybridized carbons (Fsp3) is 0.611. The molecular weight excluding hydrogens is 317 g/mol. The Balaban J connectivity index is 2.01. The summed E-state index contributed by atoms with van der Waals surface area (Å²) in [6.45, 7) is 6.36. The third kappa shape index (κ3) is 4.72. The van der Waals surface area contributed by atoms with E-state index in [4.69, 9.17) is 0 Å². The normalized spacial score (nSPS) is 19.3. The topological polar surface area (TPSA) is 32.3 Å². The van der Waals surface area contributed by atoms with E-state index in [9.17, 15) is 18.0 Å². The van der Waals surface area contributed by atoms with Crippen LogP contribution in [0.5, 0.6) is 0 Å². The quantitative estimate of drug-likeness (QED) is 0.858. The lowest BCUT2D eigenvalue weighted by Gasteiger charge is -2.31. The Hall–Kier alpha value is -1.56. The van der Waals surface area contributed by atoms with Gasteiger partial charge in [-0.1, -0.05) is 26.0 Å². The van der Waals surface area contributed by atoms with Crippen molar-refractivity contribution in [1.29, 1.82) is 0 Å². The molecule has 0 radical (unpaired) electrons. The fourth-order valence-electron chi connectivity index (χ4n) is 3.17. The molecule has 1 amide bonds. The standard InChI is InChI=1S/C18H25F3N2O/c1-3-10-23(16-8-9-22-12-16)17(24)13(2)11-14-4-6-15(7-5-14)18(19,20)21/h4-7,13,16,22H,3,8-12H2,1-2H3. The molecule has 0 aromatic heterocycles. The van der Waals surface area contributed by atoms with E-state index >= 15 is 0 Å². The first kappa shape index (κ1) is 18.8. The van der Waals surface area contributed by atoms with Gasteiger partial charge in [0.2, 0.25) is 5.91 Å². The second kappa shape index (κ2) is 8.01. The Morgan fingerprint density at radius 3 is 2.50 bits per heavy atom. The molecule has 0 bridgehead atoms. The highest BCUT2D eigenvalue weighted by atomic mass is 19.4.